The minimum atomic E-state index is -0.246. The number of oxazole rings is 1. The molecule has 3 aromatic carbocycles. The number of halogens is 1. The second kappa shape index (κ2) is 8.57. The topological polar surface area (TPSA) is 82.8 Å². The van der Waals surface area contributed by atoms with E-state index in [9.17, 15) is 4.79 Å². The molecule has 0 saturated carbocycles. The first-order valence-electron chi connectivity index (χ1n) is 9.30. The number of carbonyl (C=O) groups is 1. The lowest BCUT2D eigenvalue weighted by Crippen LogP contribution is -2.11. The highest BCUT2D eigenvalue weighted by molar-refractivity contribution is 6.30. The highest BCUT2D eigenvalue weighted by Crippen LogP contribution is 2.41. The summed E-state index contributed by atoms with van der Waals surface area (Å²) in [4.78, 5) is 17.0. The molecule has 0 radical (unpaired) electrons. The minimum Gasteiger partial charge on any atom is -0.493 e. The third-order valence-electron chi connectivity index (χ3n) is 4.66. The molecule has 1 aromatic heterocycles. The Morgan fingerprint density at radius 2 is 1.61 bits per heavy atom. The Morgan fingerprint density at radius 1 is 0.935 bits per heavy atom. The Balaban J connectivity index is 1.65. The number of hydrogen-bond donors (Lipinski definition) is 1. The maximum atomic E-state index is 12.5. The summed E-state index contributed by atoms with van der Waals surface area (Å²) in [7, 11) is 4.63. The van der Waals surface area contributed by atoms with Gasteiger partial charge in [-0.15, -0.1) is 0 Å². The molecule has 0 fully saturated rings. The van der Waals surface area contributed by atoms with Crippen molar-refractivity contribution in [3.8, 4) is 28.7 Å². The highest BCUT2D eigenvalue weighted by Gasteiger charge is 2.17. The zero-order chi connectivity index (χ0) is 22.0. The minimum absolute atomic E-state index is 0.246. The van der Waals surface area contributed by atoms with Gasteiger partial charge in [0.1, 0.15) is 5.52 Å². The Labute approximate surface area is 183 Å². The number of carbonyl (C=O) groups excluding carboxylic acids is 1. The molecule has 0 spiro atoms. The lowest BCUT2D eigenvalue weighted by Gasteiger charge is -2.12. The molecule has 158 valence electrons. The quantitative estimate of drug-likeness (QED) is 0.432. The Hall–Kier alpha value is -3.71. The van der Waals surface area contributed by atoms with E-state index in [1.807, 2.05) is 0 Å². The summed E-state index contributed by atoms with van der Waals surface area (Å²) in [5, 5.41) is 3.42. The lowest BCUT2D eigenvalue weighted by molar-refractivity contribution is 0.102. The Morgan fingerprint density at radius 3 is 2.23 bits per heavy atom. The van der Waals surface area contributed by atoms with Gasteiger partial charge in [-0.2, -0.15) is 0 Å². The molecule has 0 aliphatic carbocycles. The fourth-order valence-corrected chi connectivity index (χ4v) is 3.26. The van der Waals surface area contributed by atoms with E-state index < -0.39 is 0 Å². The van der Waals surface area contributed by atoms with Crippen LogP contribution in [0.15, 0.2) is 59.0 Å². The molecule has 1 heterocycles. The first-order chi connectivity index (χ1) is 15.0. The molecular formula is C23H19ClN2O5. The number of anilines is 1. The van der Waals surface area contributed by atoms with Crippen molar-refractivity contribution in [1.29, 1.82) is 0 Å². The second-order valence-electron chi connectivity index (χ2n) is 6.58. The van der Waals surface area contributed by atoms with E-state index >= 15 is 0 Å². The summed E-state index contributed by atoms with van der Waals surface area (Å²) in [6.45, 7) is 0. The zero-order valence-electron chi connectivity index (χ0n) is 17.1. The monoisotopic (exact) mass is 438 g/mol. The van der Waals surface area contributed by atoms with Gasteiger partial charge >= 0.3 is 0 Å². The summed E-state index contributed by atoms with van der Waals surface area (Å²) in [6.07, 6.45) is 0. The maximum Gasteiger partial charge on any atom is 0.255 e. The molecule has 8 heteroatoms. The van der Waals surface area contributed by atoms with Crippen LogP contribution in [0.4, 0.5) is 5.69 Å². The summed E-state index contributed by atoms with van der Waals surface area (Å²) in [6, 6.07) is 15.4. The fourth-order valence-electron chi connectivity index (χ4n) is 3.14. The van der Waals surface area contributed by atoms with Crippen LogP contribution in [0.25, 0.3) is 22.6 Å². The predicted octanol–water partition coefficient (Wildman–Crippen LogP) is 5.43. The SMILES string of the molecule is COc1cc(-c2nc3cc(NC(=O)c4ccc(Cl)cc4)ccc3o2)cc(OC)c1OC. The standard InChI is InChI=1S/C23H19ClN2O5/c1-28-19-10-14(11-20(29-2)21(19)30-3)23-26-17-12-16(8-9-18(17)31-23)25-22(27)13-4-6-15(24)7-5-13/h4-12H,1-3H3,(H,25,27). The van der Waals surface area contributed by atoms with Crippen molar-refractivity contribution in [1.82, 2.24) is 4.98 Å². The molecule has 0 aliphatic rings. The van der Waals surface area contributed by atoms with Crippen LogP contribution in [0, 0.1) is 0 Å². The average molecular weight is 439 g/mol. The molecule has 0 unspecified atom stereocenters. The van der Waals surface area contributed by atoms with Crippen LogP contribution in [0.5, 0.6) is 17.2 Å². The van der Waals surface area contributed by atoms with E-state index in [4.69, 9.17) is 30.2 Å². The molecule has 0 aliphatic heterocycles. The number of rotatable bonds is 6. The molecule has 31 heavy (non-hydrogen) atoms. The van der Waals surface area contributed by atoms with Crippen molar-refractivity contribution in [2.75, 3.05) is 26.6 Å². The third kappa shape index (κ3) is 4.13. The lowest BCUT2D eigenvalue weighted by atomic mass is 10.2. The maximum absolute atomic E-state index is 12.5. The fraction of sp³-hybridized carbons (Fsp3) is 0.130. The Kier molecular flexibility index (Phi) is 5.68. The number of fused-ring (bicyclic) bond motifs is 1. The van der Waals surface area contributed by atoms with Crippen LogP contribution in [0.3, 0.4) is 0 Å². The molecule has 0 bridgehead atoms. The van der Waals surface area contributed by atoms with Gasteiger partial charge in [-0.05, 0) is 54.6 Å². The number of nitrogens with zero attached hydrogens (tertiary/aromatic N) is 1. The molecule has 0 saturated heterocycles. The van der Waals surface area contributed by atoms with Crippen molar-refractivity contribution < 1.29 is 23.4 Å². The van der Waals surface area contributed by atoms with E-state index in [0.29, 0.717) is 56.1 Å². The summed E-state index contributed by atoms with van der Waals surface area (Å²) in [5.74, 6) is 1.61. The van der Waals surface area contributed by atoms with Crippen LogP contribution < -0.4 is 19.5 Å². The van der Waals surface area contributed by atoms with Crippen molar-refractivity contribution >= 4 is 34.3 Å². The van der Waals surface area contributed by atoms with Gasteiger partial charge in [-0.3, -0.25) is 4.79 Å². The summed E-state index contributed by atoms with van der Waals surface area (Å²) >= 11 is 5.88. The first-order valence-corrected chi connectivity index (χ1v) is 9.68. The number of aromatic nitrogens is 1. The average Bonchev–Trinajstić information content (AvgIpc) is 3.21. The normalized spacial score (nSPS) is 10.7. The van der Waals surface area contributed by atoms with Gasteiger partial charge in [0.2, 0.25) is 11.6 Å². The smallest absolute Gasteiger partial charge is 0.255 e. The first kappa shape index (κ1) is 20.6. The Bertz CT molecular complexity index is 1230. The van der Waals surface area contributed by atoms with Crippen molar-refractivity contribution in [2.45, 2.75) is 0 Å². The van der Waals surface area contributed by atoms with Gasteiger partial charge in [0.05, 0.1) is 21.3 Å². The van der Waals surface area contributed by atoms with E-state index in [0.717, 1.165) is 0 Å². The highest BCUT2D eigenvalue weighted by atomic mass is 35.5. The van der Waals surface area contributed by atoms with Crippen LogP contribution in [-0.4, -0.2) is 32.2 Å². The predicted molar refractivity (Wildman–Crippen MR) is 119 cm³/mol. The van der Waals surface area contributed by atoms with E-state index in [-0.39, 0.29) is 5.91 Å². The number of ether oxygens (including phenoxy) is 3. The molecular weight excluding hydrogens is 420 g/mol. The molecule has 0 atom stereocenters. The van der Waals surface area contributed by atoms with Gasteiger partial charge in [-0.1, -0.05) is 11.6 Å². The van der Waals surface area contributed by atoms with E-state index in [2.05, 4.69) is 10.3 Å². The number of nitrogens with one attached hydrogen (secondary N) is 1. The van der Waals surface area contributed by atoms with Gasteiger partial charge in [0, 0.05) is 21.8 Å². The number of benzene rings is 3. The van der Waals surface area contributed by atoms with Gasteiger partial charge in [0.15, 0.2) is 17.1 Å². The number of methoxy groups -OCH3 is 3. The van der Waals surface area contributed by atoms with Crippen LogP contribution in [0.2, 0.25) is 5.02 Å². The van der Waals surface area contributed by atoms with Crippen LogP contribution in [0.1, 0.15) is 10.4 Å². The number of hydrogen-bond acceptors (Lipinski definition) is 6. The molecule has 4 aromatic rings. The summed E-state index contributed by atoms with van der Waals surface area (Å²) in [5.41, 5.74) is 2.93. The van der Waals surface area contributed by atoms with E-state index in [1.54, 1.807) is 75.9 Å². The third-order valence-corrected chi connectivity index (χ3v) is 4.92. The van der Waals surface area contributed by atoms with Gasteiger partial charge in [0.25, 0.3) is 5.91 Å². The largest absolute Gasteiger partial charge is 0.493 e. The second-order valence-corrected chi connectivity index (χ2v) is 7.01. The zero-order valence-corrected chi connectivity index (χ0v) is 17.8. The van der Waals surface area contributed by atoms with Crippen molar-refractivity contribution in [3.63, 3.8) is 0 Å². The van der Waals surface area contributed by atoms with Gasteiger partial charge < -0.3 is 23.9 Å². The van der Waals surface area contributed by atoms with Gasteiger partial charge in [-0.25, -0.2) is 4.98 Å². The molecule has 4 rings (SSSR count). The van der Waals surface area contributed by atoms with E-state index in [1.165, 1.54) is 0 Å². The van der Waals surface area contributed by atoms with Crippen molar-refractivity contribution in [3.05, 3.63) is 65.2 Å². The molecule has 1 N–H and O–H groups in total. The number of amides is 1. The molecule has 1 amide bonds. The molecule has 7 nitrogen and oxygen atoms in total. The van der Waals surface area contributed by atoms with Crippen LogP contribution >= 0.6 is 11.6 Å². The van der Waals surface area contributed by atoms with Crippen molar-refractivity contribution in [2.24, 2.45) is 0 Å². The van der Waals surface area contributed by atoms with Crippen LogP contribution in [-0.2, 0) is 0 Å². The summed E-state index contributed by atoms with van der Waals surface area (Å²) < 4.78 is 22.0.